The number of halogens is 4. The zero-order valence-corrected chi connectivity index (χ0v) is 8.35. The van der Waals surface area contributed by atoms with E-state index in [0.717, 1.165) is 6.07 Å². The molecule has 1 aromatic carbocycles. The van der Waals surface area contributed by atoms with Gasteiger partial charge in [-0.25, -0.2) is 4.39 Å². The van der Waals surface area contributed by atoms with Gasteiger partial charge in [0.2, 0.25) is 0 Å². The second-order valence-corrected chi connectivity index (χ2v) is 3.39. The molecule has 7 heteroatoms. The van der Waals surface area contributed by atoms with E-state index in [0.29, 0.717) is 12.1 Å². The zero-order chi connectivity index (χ0) is 12.6. The van der Waals surface area contributed by atoms with Crippen molar-refractivity contribution in [1.29, 1.82) is 0 Å². The first-order valence-electron chi connectivity index (χ1n) is 4.55. The van der Waals surface area contributed by atoms with E-state index in [1.54, 1.807) is 0 Å². The summed E-state index contributed by atoms with van der Waals surface area (Å²) >= 11 is 0. The van der Waals surface area contributed by atoms with Crippen molar-refractivity contribution in [3.05, 3.63) is 35.8 Å². The SMILES string of the molecule is Nc1cn[nH]c1-c1cc(C(F)(F)F)ccc1F. The lowest BCUT2D eigenvalue weighted by Crippen LogP contribution is -2.05. The van der Waals surface area contributed by atoms with Gasteiger partial charge < -0.3 is 5.73 Å². The third-order valence-electron chi connectivity index (χ3n) is 2.23. The van der Waals surface area contributed by atoms with Crippen LogP contribution in [0.3, 0.4) is 0 Å². The van der Waals surface area contributed by atoms with Crippen LogP contribution in [0.1, 0.15) is 5.56 Å². The Morgan fingerprint density at radius 2 is 1.94 bits per heavy atom. The van der Waals surface area contributed by atoms with Crippen LogP contribution in [0, 0.1) is 5.82 Å². The Morgan fingerprint density at radius 1 is 1.24 bits per heavy atom. The number of hydrogen-bond donors (Lipinski definition) is 2. The standard InChI is InChI=1S/C10H7F4N3/c11-7-2-1-5(10(12,13)14)3-6(7)9-8(15)4-16-17-9/h1-4H,15H2,(H,16,17). The Hall–Kier alpha value is -2.05. The van der Waals surface area contributed by atoms with E-state index in [1.807, 2.05) is 0 Å². The third kappa shape index (κ3) is 2.08. The molecule has 0 saturated heterocycles. The summed E-state index contributed by atoms with van der Waals surface area (Å²) in [6.07, 6.45) is -3.33. The quantitative estimate of drug-likeness (QED) is 0.759. The van der Waals surface area contributed by atoms with Crippen LogP contribution in [0.15, 0.2) is 24.4 Å². The minimum Gasteiger partial charge on any atom is -0.396 e. The number of nitrogen functional groups attached to an aromatic ring is 1. The van der Waals surface area contributed by atoms with E-state index < -0.39 is 17.6 Å². The number of anilines is 1. The van der Waals surface area contributed by atoms with Crippen molar-refractivity contribution in [2.24, 2.45) is 0 Å². The number of nitrogens with one attached hydrogen (secondary N) is 1. The molecule has 0 atom stereocenters. The van der Waals surface area contributed by atoms with Crippen LogP contribution in [0.5, 0.6) is 0 Å². The van der Waals surface area contributed by atoms with E-state index in [9.17, 15) is 17.6 Å². The fourth-order valence-corrected chi connectivity index (χ4v) is 1.40. The summed E-state index contributed by atoms with van der Waals surface area (Å²) < 4.78 is 50.8. The Labute approximate surface area is 93.3 Å². The summed E-state index contributed by atoms with van der Waals surface area (Å²) in [4.78, 5) is 0. The van der Waals surface area contributed by atoms with Gasteiger partial charge in [-0.1, -0.05) is 0 Å². The van der Waals surface area contributed by atoms with E-state index in [-0.39, 0.29) is 16.9 Å². The molecule has 0 saturated carbocycles. The second-order valence-electron chi connectivity index (χ2n) is 3.39. The van der Waals surface area contributed by atoms with Gasteiger partial charge in [-0.2, -0.15) is 18.3 Å². The zero-order valence-electron chi connectivity index (χ0n) is 8.35. The molecule has 2 rings (SSSR count). The lowest BCUT2D eigenvalue weighted by Gasteiger charge is -2.09. The maximum atomic E-state index is 13.4. The van der Waals surface area contributed by atoms with Crippen molar-refractivity contribution in [2.45, 2.75) is 6.18 Å². The number of H-pyrrole nitrogens is 1. The van der Waals surface area contributed by atoms with Crippen molar-refractivity contribution in [3.8, 4) is 11.3 Å². The highest BCUT2D eigenvalue weighted by Crippen LogP contribution is 2.34. The molecule has 0 spiro atoms. The topological polar surface area (TPSA) is 54.7 Å². The van der Waals surface area contributed by atoms with Crippen LogP contribution in [0.4, 0.5) is 23.2 Å². The fourth-order valence-electron chi connectivity index (χ4n) is 1.40. The molecular weight excluding hydrogens is 238 g/mol. The smallest absolute Gasteiger partial charge is 0.396 e. The number of nitrogens with zero attached hydrogens (tertiary/aromatic N) is 1. The Balaban J connectivity index is 2.58. The van der Waals surface area contributed by atoms with Gasteiger partial charge in [0.25, 0.3) is 0 Å². The van der Waals surface area contributed by atoms with Gasteiger partial charge in [-0.15, -0.1) is 0 Å². The molecule has 0 bridgehead atoms. The van der Waals surface area contributed by atoms with Crippen LogP contribution >= 0.6 is 0 Å². The third-order valence-corrected chi connectivity index (χ3v) is 2.23. The summed E-state index contributed by atoms with van der Waals surface area (Å²) in [6.45, 7) is 0. The first kappa shape index (κ1) is 11.4. The van der Waals surface area contributed by atoms with Gasteiger partial charge >= 0.3 is 6.18 Å². The fraction of sp³-hybridized carbons (Fsp3) is 0.100. The van der Waals surface area contributed by atoms with Crippen molar-refractivity contribution >= 4 is 5.69 Å². The highest BCUT2D eigenvalue weighted by atomic mass is 19.4. The van der Waals surface area contributed by atoms with Crippen LogP contribution in [-0.4, -0.2) is 10.2 Å². The molecule has 0 aliphatic heterocycles. The number of benzene rings is 1. The lowest BCUT2D eigenvalue weighted by molar-refractivity contribution is -0.137. The Bertz CT molecular complexity index is 545. The number of aromatic nitrogens is 2. The first-order chi connectivity index (χ1) is 7.89. The molecule has 0 radical (unpaired) electrons. The normalized spacial score (nSPS) is 11.8. The molecule has 0 aliphatic rings. The molecule has 0 amide bonds. The number of nitrogens with two attached hydrogens (primary N) is 1. The molecule has 0 unspecified atom stereocenters. The number of alkyl halides is 3. The molecule has 90 valence electrons. The minimum atomic E-state index is -4.53. The van der Waals surface area contributed by atoms with Gasteiger partial charge in [0, 0.05) is 5.56 Å². The van der Waals surface area contributed by atoms with Gasteiger partial charge in [0.1, 0.15) is 5.82 Å². The largest absolute Gasteiger partial charge is 0.416 e. The maximum Gasteiger partial charge on any atom is 0.416 e. The van der Waals surface area contributed by atoms with Gasteiger partial charge in [-0.05, 0) is 18.2 Å². The van der Waals surface area contributed by atoms with Crippen molar-refractivity contribution in [1.82, 2.24) is 10.2 Å². The molecule has 1 aromatic heterocycles. The van der Waals surface area contributed by atoms with Crippen molar-refractivity contribution in [3.63, 3.8) is 0 Å². The molecule has 0 fully saturated rings. The summed E-state index contributed by atoms with van der Waals surface area (Å²) in [6, 6.07) is 2.11. The minimum absolute atomic E-state index is 0.0357. The van der Waals surface area contributed by atoms with Gasteiger partial charge in [0.15, 0.2) is 0 Å². The predicted molar refractivity (Wildman–Crippen MR) is 53.4 cm³/mol. The van der Waals surface area contributed by atoms with Crippen molar-refractivity contribution < 1.29 is 17.6 Å². The van der Waals surface area contributed by atoms with Crippen LogP contribution in [-0.2, 0) is 6.18 Å². The highest BCUT2D eigenvalue weighted by molar-refractivity contribution is 5.72. The average Bonchev–Trinajstić information content (AvgIpc) is 2.63. The first-order valence-corrected chi connectivity index (χ1v) is 4.55. The maximum absolute atomic E-state index is 13.4. The van der Waals surface area contributed by atoms with E-state index in [2.05, 4.69) is 10.2 Å². The number of hydrogen-bond acceptors (Lipinski definition) is 2. The van der Waals surface area contributed by atoms with Crippen molar-refractivity contribution in [2.75, 3.05) is 5.73 Å². The van der Waals surface area contributed by atoms with E-state index >= 15 is 0 Å². The molecule has 3 nitrogen and oxygen atoms in total. The molecule has 2 aromatic rings. The van der Waals surface area contributed by atoms with Gasteiger partial charge in [-0.3, -0.25) is 5.10 Å². The summed E-state index contributed by atoms with van der Waals surface area (Å²) in [5.74, 6) is -0.797. The average molecular weight is 245 g/mol. The van der Waals surface area contributed by atoms with E-state index in [4.69, 9.17) is 5.73 Å². The van der Waals surface area contributed by atoms with Crippen LogP contribution in [0.25, 0.3) is 11.3 Å². The second kappa shape index (κ2) is 3.76. The van der Waals surface area contributed by atoms with Crippen LogP contribution < -0.4 is 5.73 Å². The van der Waals surface area contributed by atoms with E-state index in [1.165, 1.54) is 6.20 Å². The molecule has 1 heterocycles. The molecular formula is C10H7F4N3. The Morgan fingerprint density at radius 3 is 2.47 bits per heavy atom. The summed E-state index contributed by atoms with van der Waals surface area (Å²) in [5, 5.41) is 5.89. The summed E-state index contributed by atoms with van der Waals surface area (Å²) in [5.41, 5.74) is 4.38. The number of rotatable bonds is 1. The molecule has 17 heavy (non-hydrogen) atoms. The Kier molecular flexibility index (Phi) is 2.53. The highest BCUT2D eigenvalue weighted by Gasteiger charge is 2.31. The van der Waals surface area contributed by atoms with Gasteiger partial charge in [0.05, 0.1) is 23.1 Å². The number of aromatic amines is 1. The monoisotopic (exact) mass is 245 g/mol. The summed E-state index contributed by atoms with van der Waals surface area (Å²) in [7, 11) is 0. The molecule has 0 aliphatic carbocycles. The lowest BCUT2D eigenvalue weighted by atomic mass is 10.1. The predicted octanol–water partition coefficient (Wildman–Crippen LogP) is 2.82. The molecule has 3 N–H and O–H groups in total. The van der Waals surface area contributed by atoms with Crippen LogP contribution in [0.2, 0.25) is 0 Å².